The molecule has 0 saturated carbocycles. The van der Waals surface area contributed by atoms with Gasteiger partial charge in [0.05, 0.1) is 0 Å². The van der Waals surface area contributed by atoms with Crippen molar-refractivity contribution in [2.24, 2.45) is 5.92 Å². The minimum absolute atomic E-state index is 0. The molecule has 0 spiro atoms. The number of rotatable bonds is 10. The molecule has 0 N–H and O–H groups in total. The van der Waals surface area contributed by atoms with Crippen LogP contribution in [-0.4, -0.2) is 31.6 Å². The second-order valence-electron chi connectivity index (χ2n) is 6.37. The first-order valence-electron chi connectivity index (χ1n) is 8.79. The number of benzene rings is 2. The topological polar surface area (TPSA) is 12.5 Å². The predicted octanol–water partition coefficient (Wildman–Crippen LogP) is 5.31. The van der Waals surface area contributed by atoms with Crippen LogP contribution in [0, 0.1) is 5.92 Å². The van der Waals surface area contributed by atoms with Crippen molar-refractivity contribution in [3.8, 4) is 0 Å². The summed E-state index contributed by atoms with van der Waals surface area (Å²) in [6, 6.07) is 21.0. The van der Waals surface area contributed by atoms with Gasteiger partial charge in [-0.05, 0) is 11.1 Å². The van der Waals surface area contributed by atoms with Gasteiger partial charge in [0.25, 0.3) is 0 Å². The number of halogens is 1. The third kappa shape index (κ3) is 4.85. The van der Waals surface area contributed by atoms with Crippen LogP contribution in [-0.2, 0) is 10.3 Å². The first-order chi connectivity index (χ1) is 12.2. The molecule has 3 heteroatoms. The Morgan fingerprint density at radius 2 is 1.35 bits per heavy atom. The average molecular weight is 372 g/mol. The maximum absolute atomic E-state index is 6.25. The van der Waals surface area contributed by atoms with Gasteiger partial charge in [-0.2, -0.15) is 0 Å². The van der Waals surface area contributed by atoms with E-state index >= 15 is 0 Å². The smallest absolute Gasteiger partial charge is 0.121 e. The largest absolute Gasteiger partial charge is 0.368 e. The molecule has 2 rings (SSSR count). The number of nitrogens with zero attached hydrogens (tertiary/aromatic N) is 1. The lowest BCUT2D eigenvalue weighted by atomic mass is 9.76. The first kappa shape index (κ1) is 22.2. The highest BCUT2D eigenvalue weighted by atomic mass is 35.5. The Balaban J connectivity index is 0.00000338. The predicted molar refractivity (Wildman–Crippen MR) is 114 cm³/mol. The molecule has 0 radical (unpaired) electrons. The Hall–Kier alpha value is -1.87. The van der Waals surface area contributed by atoms with Gasteiger partial charge < -0.3 is 4.74 Å². The number of methoxy groups -OCH3 is 1. The van der Waals surface area contributed by atoms with Crippen molar-refractivity contribution in [2.45, 2.75) is 12.5 Å². The van der Waals surface area contributed by atoms with Crippen molar-refractivity contribution in [3.05, 3.63) is 97.1 Å². The van der Waals surface area contributed by atoms with Gasteiger partial charge in [0.1, 0.15) is 5.60 Å². The van der Waals surface area contributed by atoms with Crippen LogP contribution in [0.25, 0.3) is 0 Å². The molecule has 1 unspecified atom stereocenters. The Morgan fingerprint density at radius 1 is 0.923 bits per heavy atom. The standard InChI is InChI=1S/C23H29NO.ClH/c1-5-17-24(18-6-2)19-20(3)23(25-4,21-13-9-7-10-14-21)22-15-11-8-12-16-22;/h5-16,20H,1-2,17-19H2,3-4H3;1H. The summed E-state index contributed by atoms with van der Waals surface area (Å²) in [5.74, 6) is 0.238. The van der Waals surface area contributed by atoms with E-state index in [1.807, 2.05) is 31.4 Å². The van der Waals surface area contributed by atoms with Gasteiger partial charge in [-0.1, -0.05) is 79.7 Å². The minimum atomic E-state index is -0.497. The molecule has 0 aliphatic heterocycles. The summed E-state index contributed by atoms with van der Waals surface area (Å²) in [5, 5.41) is 0. The fourth-order valence-electron chi connectivity index (χ4n) is 3.65. The van der Waals surface area contributed by atoms with Gasteiger partial charge >= 0.3 is 0 Å². The molecule has 0 bridgehead atoms. The van der Waals surface area contributed by atoms with Gasteiger partial charge in [-0.25, -0.2) is 0 Å². The molecular formula is C23H30ClNO. The van der Waals surface area contributed by atoms with Gasteiger partial charge in [0.2, 0.25) is 0 Å². The Bertz CT molecular complexity index is 607. The summed E-state index contributed by atoms with van der Waals surface area (Å²) in [4.78, 5) is 2.34. The first-order valence-corrected chi connectivity index (χ1v) is 8.79. The minimum Gasteiger partial charge on any atom is -0.368 e. The van der Waals surface area contributed by atoms with E-state index in [0.717, 1.165) is 19.6 Å². The molecule has 0 saturated heterocycles. The van der Waals surface area contributed by atoms with E-state index in [-0.39, 0.29) is 18.3 Å². The second kappa shape index (κ2) is 11.0. The van der Waals surface area contributed by atoms with Crippen molar-refractivity contribution < 1.29 is 4.74 Å². The molecule has 0 aliphatic carbocycles. The van der Waals surface area contributed by atoms with Gasteiger partial charge in [-0.15, -0.1) is 25.6 Å². The van der Waals surface area contributed by atoms with Crippen molar-refractivity contribution in [2.75, 3.05) is 26.7 Å². The zero-order valence-corrected chi connectivity index (χ0v) is 16.6. The molecule has 0 aromatic heterocycles. The molecule has 26 heavy (non-hydrogen) atoms. The monoisotopic (exact) mass is 371 g/mol. The van der Waals surface area contributed by atoms with Gasteiger partial charge in [-0.3, -0.25) is 4.90 Å². The van der Waals surface area contributed by atoms with Crippen LogP contribution >= 0.6 is 12.4 Å². The zero-order valence-electron chi connectivity index (χ0n) is 15.8. The molecule has 0 aliphatic rings. The fourth-order valence-corrected chi connectivity index (χ4v) is 3.65. The van der Waals surface area contributed by atoms with Crippen molar-refractivity contribution in [3.63, 3.8) is 0 Å². The van der Waals surface area contributed by atoms with Crippen molar-refractivity contribution >= 4 is 12.4 Å². The molecule has 140 valence electrons. The van der Waals surface area contributed by atoms with Crippen LogP contribution in [0.4, 0.5) is 0 Å². The van der Waals surface area contributed by atoms with Crippen LogP contribution in [0.15, 0.2) is 86.0 Å². The summed E-state index contributed by atoms with van der Waals surface area (Å²) < 4.78 is 6.25. The molecule has 1 atom stereocenters. The van der Waals surface area contributed by atoms with Gasteiger partial charge in [0, 0.05) is 32.7 Å². The zero-order chi connectivity index (χ0) is 18.1. The summed E-state index contributed by atoms with van der Waals surface area (Å²) >= 11 is 0. The van der Waals surface area contributed by atoms with E-state index in [1.165, 1.54) is 11.1 Å². The Morgan fingerprint density at radius 3 is 1.69 bits per heavy atom. The number of hydrogen-bond acceptors (Lipinski definition) is 2. The highest BCUT2D eigenvalue weighted by molar-refractivity contribution is 5.85. The lowest BCUT2D eigenvalue weighted by Crippen LogP contribution is -2.43. The summed E-state index contributed by atoms with van der Waals surface area (Å²) in [7, 11) is 1.81. The molecule has 2 nitrogen and oxygen atoms in total. The molecule has 0 heterocycles. The molecular weight excluding hydrogens is 342 g/mol. The van der Waals surface area contributed by atoms with Crippen LogP contribution < -0.4 is 0 Å². The van der Waals surface area contributed by atoms with Crippen LogP contribution in [0.1, 0.15) is 18.1 Å². The van der Waals surface area contributed by atoms with Crippen LogP contribution in [0.3, 0.4) is 0 Å². The third-order valence-electron chi connectivity index (χ3n) is 4.73. The quantitative estimate of drug-likeness (QED) is 0.525. The Kier molecular flexibility index (Phi) is 9.36. The fraction of sp³-hybridized carbons (Fsp3) is 0.304. The lowest BCUT2D eigenvalue weighted by Gasteiger charge is -2.41. The molecule has 2 aromatic rings. The maximum atomic E-state index is 6.25. The average Bonchev–Trinajstić information content (AvgIpc) is 2.65. The number of hydrogen-bond donors (Lipinski definition) is 0. The molecule has 0 fully saturated rings. The summed E-state index contributed by atoms with van der Waals surface area (Å²) in [6.45, 7) is 12.6. The van der Waals surface area contributed by atoms with E-state index in [4.69, 9.17) is 4.74 Å². The van der Waals surface area contributed by atoms with E-state index in [2.05, 4.69) is 73.5 Å². The lowest BCUT2D eigenvalue weighted by molar-refractivity contribution is -0.0326. The molecule has 2 aromatic carbocycles. The van der Waals surface area contributed by atoms with E-state index in [1.54, 1.807) is 0 Å². The Labute approximate surface area is 164 Å². The SMILES string of the molecule is C=CCN(CC=C)CC(C)C(OC)(c1ccccc1)c1ccccc1.Cl. The third-order valence-corrected chi connectivity index (χ3v) is 4.73. The van der Waals surface area contributed by atoms with Crippen LogP contribution in [0.2, 0.25) is 0 Å². The van der Waals surface area contributed by atoms with E-state index in [0.29, 0.717) is 0 Å². The number of ether oxygens (including phenoxy) is 1. The normalized spacial score (nSPS) is 12.3. The second-order valence-corrected chi connectivity index (χ2v) is 6.37. The van der Waals surface area contributed by atoms with Crippen LogP contribution in [0.5, 0.6) is 0 Å². The molecule has 0 amide bonds. The van der Waals surface area contributed by atoms with Gasteiger partial charge in [0.15, 0.2) is 0 Å². The van der Waals surface area contributed by atoms with E-state index < -0.39 is 5.60 Å². The summed E-state index contributed by atoms with van der Waals surface area (Å²) in [6.07, 6.45) is 3.88. The van der Waals surface area contributed by atoms with Crippen molar-refractivity contribution in [1.82, 2.24) is 4.90 Å². The highest BCUT2D eigenvalue weighted by Crippen LogP contribution is 2.40. The van der Waals surface area contributed by atoms with Crippen molar-refractivity contribution in [1.29, 1.82) is 0 Å². The maximum Gasteiger partial charge on any atom is 0.121 e. The van der Waals surface area contributed by atoms with E-state index in [9.17, 15) is 0 Å². The highest BCUT2D eigenvalue weighted by Gasteiger charge is 2.40. The summed E-state index contributed by atoms with van der Waals surface area (Å²) in [5.41, 5.74) is 1.85.